The van der Waals surface area contributed by atoms with Crippen LogP contribution in [0.3, 0.4) is 0 Å². The quantitative estimate of drug-likeness (QED) is 0.0747. The van der Waals surface area contributed by atoms with Crippen molar-refractivity contribution in [1.29, 1.82) is 0 Å². The Kier molecular flexibility index (Phi) is 20.4. The minimum Gasteiger partial charge on any atom is -0.747 e. The highest BCUT2D eigenvalue weighted by atomic mass is 32.2. The number of unbranched alkanes of at least 4 members (excludes halogenated alkanes) is 12. The summed E-state index contributed by atoms with van der Waals surface area (Å²) in [6.45, 7) is 8.12. The average Bonchev–Trinajstić information content (AvgIpc) is 2.84. The summed E-state index contributed by atoms with van der Waals surface area (Å²) in [4.78, 5) is 0. The fourth-order valence-electron chi connectivity index (χ4n) is 4.53. The molecule has 0 saturated carbocycles. The van der Waals surface area contributed by atoms with Crippen LogP contribution in [-0.2, 0) is 10.1 Å². The molecule has 1 rings (SSSR count). The van der Waals surface area contributed by atoms with Gasteiger partial charge in [-0.3, -0.25) is 0 Å². The van der Waals surface area contributed by atoms with Gasteiger partial charge in [0, 0.05) is 13.0 Å². The van der Waals surface area contributed by atoms with Crippen LogP contribution in [0.5, 0.6) is 0 Å². The van der Waals surface area contributed by atoms with Gasteiger partial charge in [-0.15, -0.1) is 0 Å². The molecule has 0 spiro atoms. The fraction of sp³-hybridized carbons (Fsp3) is 0.806. The maximum absolute atomic E-state index is 10.9. The Bertz CT molecular complexity index is 742. The van der Waals surface area contributed by atoms with Crippen molar-refractivity contribution in [3.8, 4) is 0 Å². The molecule has 0 bridgehead atoms. The topological polar surface area (TPSA) is 77.4 Å². The van der Waals surface area contributed by atoms with E-state index < -0.39 is 14.9 Å². The summed E-state index contributed by atoms with van der Waals surface area (Å²) in [7, 11) is 0.307. The molecule has 0 aromatic rings. The van der Waals surface area contributed by atoms with Crippen molar-refractivity contribution in [2.24, 2.45) is 5.92 Å². The number of nitrogens with zero attached hydrogens (tertiary/aromatic N) is 1. The predicted molar refractivity (Wildman–Crippen MR) is 159 cm³/mol. The lowest BCUT2D eigenvalue weighted by molar-refractivity contribution is -0.890. The first-order chi connectivity index (χ1) is 17.5. The Morgan fingerprint density at radius 2 is 1.32 bits per heavy atom. The lowest BCUT2D eigenvalue weighted by Crippen LogP contribution is -2.41. The summed E-state index contributed by atoms with van der Waals surface area (Å²) in [5.41, 5.74) is 0. The second-order valence-corrected chi connectivity index (χ2v) is 13.4. The van der Waals surface area contributed by atoms with Crippen LogP contribution >= 0.6 is 0 Å². The Labute approximate surface area is 230 Å². The lowest BCUT2D eigenvalue weighted by Gasteiger charge is -2.35. The van der Waals surface area contributed by atoms with E-state index in [2.05, 4.69) is 33.2 Å². The van der Waals surface area contributed by atoms with Crippen molar-refractivity contribution in [2.75, 3.05) is 33.8 Å². The SMILES string of the molecule is CC1C=CC=CC1(C)S(=O)(=O)[O-].CCCCCCCC/C=C\CCCCCCCC[N+](C)(C)CCCO. The predicted octanol–water partition coefficient (Wildman–Crippen LogP) is 7.54. The molecule has 0 aromatic heterocycles. The lowest BCUT2D eigenvalue weighted by atomic mass is 9.91. The van der Waals surface area contributed by atoms with E-state index in [1.165, 1.54) is 109 Å². The van der Waals surface area contributed by atoms with Gasteiger partial charge in [0.2, 0.25) is 0 Å². The molecule has 1 aliphatic carbocycles. The van der Waals surface area contributed by atoms with Crippen LogP contribution in [0.1, 0.15) is 117 Å². The van der Waals surface area contributed by atoms with Gasteiger partial charge in [-0.1, -0.05) is 102 Å². The van der Waals surface area contributed by atoms with E-state index in [4.69, 9.17) is 5.11 Å². The minimum absolute atomic E-state index is 0.259. The molecule has 218 valence electrons. The van der Waals surface area contributed by atoms with Crippen LogP contribution in [0.15, 0.2) is 36.5 Å². The number of allylic oxidation sites excluding steroid dienone is 5. The molecule has 0 amide bonds. The molecule has 37 heavy (non-hydrogen) atoms. The van der Waals surface area contributed by atoms with E-state index in [9.17, 15) is 13.0 Å². The third-order valence-electron chi connectivity index (χ3n) is 7.58. The zero-order valence-electron chi connectivity index (χ0n) is 24.8. The van der Waals surface area contributed by atoms with Gasteiger partial charge in [0.05, 0.1) is 31.9 Å². The van der Waals surface area contributed by atoms with Crippen molar-refractivity contribution in [1.82, 2.24) is 0 Å². The van der Waals surface area contributed by atoms with Crippen LogP contribution in [0.25, 0.3) is 0 Å². The highest BCUT2D eigenvalue weighted by Crippen LogP contribution is 2.30. The molecule has 0 aromatic carbocycles. The van der Waals surface area contributed by atoms with Crippen molar-refractivity contribution in [3.05, 3.63) is 36.5 Å². The molecule has 2 atom stereocenters. The molecule has 1 aliphatic rings. The fourth-order valence-corrected chi connectivity index (χ4v) is 5.31. The summed E-state index contributed by atoms with van der Waals surface area (Å²) in [6, 6.07) is 0. The average molecular weight is 542 g/mol. The van der Waals surface area contributed by atoms with Gasteiger partial charge < -0.3 is 14.1 Å². The van der Waals surface area contributed by atoms with Crippen LogP contribution < -0.4 is 0 Å². The van der Waals surface area contributed by atoms with E-state index in [0.29, 0.717) is 6.61 Å². The minimum atomic E-state index is -4.26. The number of hydrogen-bond donors (Lipinski definition) is 1. The third kappa shape index (κ3) is 18.1. The van der Waals surface area contributed by atoms with E-state index in [0.717, 1.165) is 17.4 Å². The summed E-state index contributed by atoms with van der Waals surface area (Å²) >= 11 is 0. The van der Waals surface area contributed by atoms with Gasteiger partial charge in [-0.25, -0.2) is 8.42 Å². The molecule has 2 unspecified atom stereocenters. The third-order valence-corrected chi connectivity index (χ3v) is 9.16. The van der Waals surface area contributed by atoms with Crippen LogP contribution in [0, 0.1) is 5.92 Å². The van der Waals surface area contributed by atoms with E-state index in [-0.39, 0.29) is 5.92 Å². The zero-order chi connectivity index (χ0) is 28.0. The molecule has 0 fully saturated rings. The van der Waals surface area contributed by atoms with Gasteiger partial charge in [-0.05, 0) is 51.4 Å². The summed E-state index contributed by atoms with van der Waals surface area (Å²) in [5.74, 6) is -0.259. The molecule has 6 heteroatoms. The van der Waals surface area contributed by atoms with E-state index in [1.807, 2.05) is 0 Å². The van der Waals surface area contributed by atoms with Gasteiger partial charge in [0.25, 0.3) is 0 Å². The normalized spacial score (nSPS) is 19.8. The molecule has 1 N–H and O–H groups in total. The number of aliphatic hydroxyl groups excluding tert-OH is 1. The number of quaternary nitrogens is 1. The van der Waals surface area contributed by atoms with Crippen molar-refractivity contribution < 1.29 is 22.6 Å². The second kappa shape index (κ2) is 20.9. The first-order valence-corrected chi connectivity index (χ1v) is 16.3. The van der Waals surface area contributed by atoms with Gasteiger partial charge >= 0.3 is 0 Å². The maximum Gasteiger partial charge on any atom is 0.104 e. The first kappa shape index (κ1) is 36.0. The molecular formula is C31H59NO4S. The Hall–Kier alpha value is -0.950. The Morgan fingerprint density at radius 1 is 0.838 bits per heavy atom. The van der Waals surface area contributed by atoms with Crippen molar-refractivity contribution in [3.63, 3.8) is 0 Å². The molecular weight excluding hydrogens is 482 g/mol. The summed E-state index contributed by atoms with van der Waals surface area (Å²) in [5, 5.41) is 8.93. The smallest absolute Gasteiger partial charge is 0.104 e. The molecule has 0 saturated heterocycles. The number of hydrogen-bond acceptors (Lipinski definition) is 4. The number of aliphatic hydroxyl groups is 1. The molecule has 0 radical (unpaired) electrons. The summed E-state index contributed by atoms with van der Waals surface area (Å²) < 4.78 is 32.4. The van der Waals surface area contributed by atoms with Crippen molar-refractivity contribution >= 4 is 10.1 Å². The second-order valence-electron chi connectivity index (χ2n) is 11.6. The monoisotopic (exact) mass is 541 g/mol. The highest BCUT2D eigenvalue weighted by Gasteiger charge is 2.34. The maximum atomic E-state index is 10.9. The van der Waals surface area contributed by atoms with Gasteiger partial charge in [0.1, 0.15) is 10.1 Å². The standard InChI is InChI=1S/C23H48NO.C8H12O3S/c1-4-5-6-7-8-9-10-11-12-13-14-15-16-17-18-19-21-24(2,3)22-20-23-25;1-7-5-3-4-6-8(7,2)12(9,10)11/h11-12,25H,4-10,13-23H2,1-3H3;3-7H,1-2H3,(H,9,10,11)/q+1;/p-1/b12-11-;. The van der Waals surface area contributed by atoms with Crippen LogP contribution in [-0.4, -0.2) is 61.1 Å². The molecule has 0 aliphatic heterocycles. The first-order valence-electron chi connectivity index (χ1n) is 14.9. The molecule has 5 nitrogen and oxygen atoms in total. The van der Waals surface area contributed by atoms with Gasteiger partial charge in [0.15, 0.2) is 0 Å². The molecule has 0 heterocycles. The number of rotatable bonds is 20. The van der Waals surface area contributed by atoms with Crippen molar-refractivity contribution in [2.45, 2.75) is 122 Å². The zero-order valence-corrected chi connectivity index (χ0v) is 25.6. The Balaban J connectivity index is 0.000000893. The Morgan fingerprint density at radius 3 is 1.78 bits per heavy atom. The van der Waals surface area contributed by atoms with Gasteiger partial charge in [-0.2, -0.15) is 0 Å². The van der Waals surface area contributed by atoms with E-state index >= 15 is 0 Å². The highest BCUT2D eigenvalue weighted by molar-refractivity contribution is 7.87. The van der Waals surface area contributed by atoms with E-state index in [1.54, 1.807) is 25.2 Å². The van der Waals surface area contributed by atoms with Crippen LogP contribution in [0.2, 0.25) is 0 Å². The van der Waals surface area contributed by atoms with Crippen LogP contribution in [0.4, 0.5) is 0 Å². The summed E-state index contributed by atoms with van der Waals surface area (Å²) in [6.07, 6.45) is 31.5. The largest absolute Gasteiger partial charge is 0.747 e.